The number of anilines is 1. The molecule has 0 saturated carbocycles. The van der Waals surface area contributed by atoms with E-state index in [1.165, 1.54) is 0 Å². The normalized spacial score (nSPS) is 27.2. The molecule has 0 bridgehead atoms. The van der Waals surface area contributed by atoms with Crippen molar-refractivity contribution < 1.29 is 18.4 Å². The fraction of sp³-hybridized carbons (Fsp3) is 0.467. The molecule has 2 aliphatic rings. The van der Waals surface area contributed by atoms with Gasteiger partial charge in [-0.05, 0) is 12.1 Å². The number of nitrogens with one attached hydrogen (secondary N) is 2. The lowest BCUT2D eigenvalue weighted by Crippen LogP contribution is -2.46. The number of halogens is 2. The number of nitrogens with zero attached hydrogens (tertiary/aromatic N) is 1. The second-order valence-electron chi connectivity index (χ2n) is 5.74. The van der Waals surface area contributed by atoms with Gasteiger partial charge < -0.3 is 10.2 Å². The molecule has 0 radical (unpaired) electrons. The first-order valence-corrected chi connectivity index (χ1v) is 7.22. The van der Waals surface area contributed by atoms with E-state index < -0.39 is 30.8 Å². The maximum Gasteiger partial charge on any atom is 0.262 e. The van der Waals surface area contributed by atoms with E-state index in [-0.39, 0.29) is 18.4 Å². The van der Waals surface area contributed by atoms with Gasteiger partial charge in [-0.15, -0.1) is 0 Å². The smallest absolute Gasteiger partial charge is 0.262 e. The van der Waals surface area contributed by atoms with Crippen LogP contribution in [0.4, 0.5) is 14.5 Å². The van der Waals surface area contributed by atoms with Gasteiger partial charge in [0.15, 0.2) is 0 Å². The van der Waals surface area contributed by atoms with Gasteiger partial charge in [0.25, 0.3) is 5.92 Å². The molecule has 2 unspecified atom stereocenters. The molecular formula is C15H17F2N3O2. The number of alkyl halides is 2. The first-order chi connectivity index (χ1) is 10.4. The molecule has 2 heterocycles. The Bertz CT molecular complexity index is 579. The van der Waals surface area contributed by atoms with Crippen molar-refractivity contribution >= 4 is 17.5 Å². The predicted molar refractivity (Wildman–Crippen MR) is 76.7 cm³/mol. The zero-order valence-electron chi connectivity index (χ0n) is 11.9. The fourth-order valence-corrected chi connectivity index (χ4v) is 2.86. The van der Waals surface area contributed by atoms with E-state index in [1.807, 2.05) is 30.3 Å². The zero-order chi connectivity index (χ0) is 15.7. The molecule has 1 aromatic rings. The minimum atomic E-state index is -2.84. The molecular weight excluding hydrogens is 292 g/mol. The largest absolute Gasteiger partial charge is 0.350 e. The predicted octanol–water partition coefficient (Wildman–Crippen LogP) is 0.905. The van der Waals surface area contributed by atoms with Crippen molar-refractivity contribution in [3.63, 3.8) is 0 Å². The molecule has 22 heavy (non-hydrogen) atoms. The molecule has 2 aliphatic heterocycles. The van der Waals surface area contributed by atoms with Crippen molar-refractivity contribution in [1.82, 2.24) is 10.6 Å². The lowest BCUT2D eigenvalue weighted by atomic mass is 10.1. The molecule has 1 aromatic carbocycles. The SMILES string of the molecule is O=C(NC1CC(=O)N(c2ccccc2)C1)C1CC(F)(F)CN1. The number of benzene rings is 1. The van der Waals surface area contributed by atoms with Crippen LogP contribution in [0, 0.1) is 0 Å². The minimum absolute atomic E-state index is 0.0822. The molecule has 118 valence electrons. The van der Waals surface area contributed by atoms with Gasteiger partial charge in [0.05, 0.1) is 18.6 Å². The van der Waals surface area contributed by atoms with Crippen LogP contribution >= 0.6 is 0 Å². The zero-order valence-corrected chi connectivity index (χ0v) is 11.9. The van der Waals surface area contributed by atoms with E-state index in [0.717, 1.165) is 5.69 Å². The summed E-state index contributed by atoms with van der Waals surface area (Å²) in [7, 11) is 0. The fourth-order valence-electron chi connectivity index (χ4n) is 2.86. The molecule has 2 fully saturated rings. The van der Waals surface area contributed by atoms with Crippen LogP contribution in [0.25, 0.3) is 0 Å². The highest BCUT2D eigenvalue weighted by atomic mass is 19.3. The van der Waals surface area contributed by atoms with Gasteiger partial charge in [0.2, 0.25) is 11.8 Å². The number of rotatable bonds is 3. The quantitative estimate of drug-likeness (QED) is 0.872. The van der Waals surface area contributed by atoms with Crippen molar-refractivity contribution in [2.24, 2.45) is 0 Å². The van der Waals surface area contributed by atoms with E-state index in [4.69, 9.17) is 0 Å². The van der Waals surface area contributed by atoms with Gasteiger partial charge in [-0.2, -0.15) is 0 Å². The Balaban J connectivity index is 1.59. The lowest BCUT2D eigenvalue weighted by molar-refractivity contribution is -0.124. The minimum Gasteiger partial charge on any atom is -0.350 e. The van der Waals surface area contributed by atoms with Crippen molar-refractivity contribution in [2.45, 2.75) is 30.8 Å². The second-order valence-corrected chi connectivity index (χ2v) is 5.74. The standard InChI is InChI=1S/C15H17F2N3O2/c16-15(17)7-12(18-9-15)14(22)19-10-6-13(21)20(8-10)11-4-2-1-3-5-11/h1-5,10,12,18H,6-9H2,(H,19,22). The van der Waals surface area contributed by atoms with Gasteiger partial charge in [-0.1, -0.05) is 18.2 Å². The van der Waals surface area contributed by atoms with Crippen LogP contribution in [0.15, 0.2) is 30.3 Å². The van der Waals surface area contributed by atoms with Gasteiger partial charge in [0, 0.05) is 25.1 Å². The number of hydrogen-bond donors (Lipinski definition) is 2. The molecule has 2 N–H and O–H groups in total. The highest BCUT2D eigenvalue weighted by Gasteiger charge is 2.43. The van der Waals surface area contributed by atoms with Crippen molar-refractivity contribution in [1.29, 1.82) is 0 Å². The first-order valence-electron chi connectivity index (χ1n) is 7.22. The van der Waals surface area contributed by atoms with E-state index in [0.29, 0.717) is 6.54 Å². The molecule has 2 atom stereocenters. The van der Waals surface area contributed by atoms with Crippen LogP contribution in [0.2, 0.25) is 0 Å². The third kappa shape index (κ3) is 3.09. The molecule has 0 aliphatic carbocycles. The summed E-state index contributed by atoms with van der Waals surface area (Å²) in [4.78, 5) is 25.6. The Morgan fingerprint density at radius 2 is 2.05 bits per heavy atom. The van der Waals surface area contributed by atoms with Crippen molar-refractivity contribution in [3.05, 3.63) is 30.3 Å². The topological polar surface area (TPSA) is 61.4 Å². The summed E-state index contributed by atoms with van der Waals surface area (Å²) in [6.45, 7) is -0.122. The van der Waals surface area contributed by atoms with E-state index in [2.05, 4.69) is 10.6 Å². The number of amides is 2. The summed E-state index contributed by atoms with van der Waals surface area (Å²) in [6, 6.07) is 7.92. The Morgan fingerprint density at radius 1 is 1.32 bits per heavy atom. The lowest BCUT2D eigenvalue weighted by Gasteiger charge is -2.18. The van der Waals surface area contributed by atoms with Crippen LogP contribution in [0.5, 0.6) is 0 Å². The number of carbonyl (C=O) groups is 2. The average molecular weight is 309 g/mol. The molecule has 3 rings (SSSR count). The number of carbonyl (C=O) groups excluding carboxylic acids is 2. The maximum absolute atomic E-state index is 13.1. The van der Waals surface area contributed by atoms with Crippen LogP contribution < -0.4 is 15.5 Å². The van der Waals surface area contributed by atoms with E-state index >= 15 is 0 Å². The summed E-state index contributed by atoms with van der Waals surface area (Å²) in [5, 5.41) is 5.21. The van der Waals surface area contributed by atoms with Crippen LogP contribution in [-0.2, 0) is 9.59 Å². The molecule has 2 saturated heterocycles. The summed E-state index contributed by atoms with van der Waals surface area (Å²) in [5.41, 5.74) is 0.773. The Morgan fingerprint density at radius 3 is 2.68 bits per heavy atom. The first kappa shape index (κ1) is 14.9. The van der Waals surface area contributed by atoms with Crippen LogP contribution in [0.3, 0.4) is 0 Å². The van der Waals surface area contributed by atoms with Gasteiger partial charge in [0.1, 0.15) is 0 Å². The van der Waals surface area contributed by atoms with Crippen LogP contribution in [-0.4, -0.2) is 42.9 Å². The van der Waals surface area contributed by atoms with Crippen LogP contribution in [0.1, 0.15) is 12.8 Å². The monoisotopic (exact) mass is 309 g/mol. The molecule has 7 heteroatoms. The van der Waals surface area contributed by atoms with Gasteiger partial charge in [-0.25, -0.2) is 8.78 Å². The third-order valence-corrected chi connectivity index (χ3v) is 3.97. The molecule has 5 nitrogen and oxygen atoms in total. The molecule has 0 aromatic heterocycles. The van der Waals surface area contributed by atoms with Crippen molar-refractivity contribution in [3.8, 4) is 0 Å². The van der Waals surface area contributed by atoms with E-state index in [9.17, 15) is 18.4 Å². The van der Waals surface area contributed by atoms with Gasteiger partial charge in [-0.3, -0.25) is 14.9 Å². The number of hydrogen-bond acceptors (Lipinski definition) is 3. The highest BCUT2D eigenvalue weighted by molar-refractivity contribution is 5.97. The molecule has 0 spiro atoms. The second kappa shape index (κ2) is 5.64. The Labute approximate surface area is 126 Å². The summed E-state index contributed by atoms with van der Waals surface area (Å²) < 4.78 is 26.2. The third-order valence-electron chi connectivity index (χ3n) is 3.97. The number of para-hydroxylation sites is 1. The summed E-state index contributed by atoms with van der Waals surface area (Å²) in [5.74, 6) is -3.39. The molecule has 2 amide bonds. The maximum atomic E-state index is 13.1. The Hall–Kier alpha value is -2.02. The van der Waals surface area contributed by atoms with Crippen molar-refractivity contribution in [2.75, 3.05) is 18.0 Å². The van der Waals surface area contributed by atoms with Gasteiger partial charge >= 0.3 is 0 Å². The highest BCUT2D eigenvalue weighted by Crippen LogP contribution is 2.26. The Kier molecular flexibility index (Phi) is 3.82. The summed E-state index contributed by atoms with van der Waals surface area (Å²) >= 11 is 0. The average Bonchev–Trinajstić information content (AvgIpc) is 3.02. The van der Waals surface area contributed by atoms with E-state index in [1.54, 1.807) is 4.90 Å². The summed E-state index contributed by atoms with van der Waals surface area (Å²) in [6.07, 6.45) is -0.314.